The zero-order valence-corrected chi connectivity index (χ0v) is 15.7. The second-order valence-corrected chi connectivity index (χ2v) is 9.08. The fourth-order valence-electron chi connectivity index (χ4n) is 2.76. The van der Waals surface area contributed by atoms with Crippen LogP contribution in [0.5, 0.6) is 0 Å². The highest BCUT2D eigenvalue weighted by Crippen LogP contribution is 2.21. The van der Waals surface area contributed by atoms with E-state index in [0.29, 0.717) is 24.2 Å². The average molecular weight is 369 g/mol. The van der Waals surface area contributed by atoms with Gasteiger partial charge in [0.25, 0.3) is 5.91 Å². The van der Waals surface area contributed by atoms with E-state index in [-0.39, 0.29) is 17.8 Å². The minimum absolute atomic E-state index is 0.0734. The molecule has 1 amide bonds. The topological polar surface area (TPSA) is 111 Å². The number of benzene rings is 1. The molecule has 2 rings (SSSR count). The minimum atomic E-state index is -3.47. The van der Waals surface area contributed by atoms with Crippen molar-refractivity contribution in [3.05, 3.63) is 29.8 Å². The summed E-state index contributed by atoms with van der Waals surface area (Å²) in [7, 11) is -3.47. The highest BCUT2D eigenvalue weighted by molar-refractivity contribution is 7.88. The van der Waals surface area contributed by atoms with E-state index in [0.717, 1.165) is 6.42 Å². The monoisotopic (exact) mass is 369 g/mol. The van der Waals surface area contributed by atoms with E-state index >= 15 is 0 Å². The van der Waals surface area contributed by atoms with E-state index in [1.54, 1.807) is 45.0 Å². The molecule has 1 fully saturated rings. The van der Waals surface area contributed by atoms with Crippen molar-refractivity contribution < 1.29 is 17.9 Å². The lowest BCUT2D eigenvalue weighted by atomic mass is 10.1. The lowest BCUT2D eigenvalue weighted by molar-refractivity contribution is -0.126. The predicted octanol–water partition coefficient (Wildman–Crippen LogP) is 1.35. The van der Waals surface area contributed by atoms with Crippen LogP contribution in [-0.4, -0.2) is 38.6 Å². The molecule has 8 heteroatoms. The normalized spacial score (nSPS) is 21.3. The van der Waals surface area contributed by atoms with Gasteiger partial charge in [-0.05, 0) is 51.3 Å². The van der Waals surface area contributed by atoms with E-state index in [2.05, 4.69) is 10.0 Å². The summed E-state index contributed by atoms with van der Waals surface area (Å²) in [4.78, 5) is 12.3. The summed E-state index contributed by atoms with van der Waals surface area (Å²) >= 11 is 0. The molecule has 25 heavy (non-hydrogen) atoms. The van der Waals surface area contributed by atoms with Crippen molar-refractivity contribution in [1.29, 1.82) is 0 Å². The van der Waals surface area contributed by atoms with Crippen molar-refractivity contribution in [2.24, 2.45) is 5.73 Å². The molecule has 4 N–H and O–H groups in total. The Balaban J connectivity index is 2.00. The maximum Gasteiger partial charge on any atom is 0.253 e. The largest absolute Gasteiger partial charge is 0.364 e. The number of hydrogen-bond acceptors (Lipinski definition) is 5. The Hall–Kier alpha value is -1.48. The van der Waals surface area contributed by atoms with Crippen LogP contribution in [0.25, 0.3) is 0 Å². The van der Waals surface area contributed by atoms with E-state index in [4.69, 9.17) is 10.5 Å². The summed E-state index contributed by atoms with van der Waals surface area (Å²) < 4.78 is 32.6. The minimum Gasteiger partial charge on any atom is -0.364 e. The Kier molecular flexibility index (Phi) is 6.21. The van der Waals surface area contributed by atoms with Crippen molar-refractivity contribution in [3.8, 4) is 0 Å². The van der Waals surface area contributed by atoms with Crippen molar-refractivity contribution in [2.75, 3.05) is 11.9 Å². The van der Waals surface area contributed by atoms with E-state index in [1.165, 1.54) is 0 Å². The van der Waals surface area contributed by atoms with Crippen molar-refractivity contribution in [1.82, 2.24) is 4.72 Å². The van der Waals surface area contributed by atoms with Crippen LogP contribution in [0.1, 0.15) is 39.2 Å². The van der Waals surface area contributed by atoms with Crippen LogP contribution in [0.2, 0.25) is 0 Å². The fraction of sp³-hybridized carbons (Fsp3) is 0.588. The molecular weight excluding hydrogens is 342 g/mol. The Labute approximate surface area is 149 Å². The third-order valence-corrected chi connectivity index (χ3v) is 5.31. The smallest absolute Gasteiger partial charge is 0.253 e. The first-order valence-corrected chi connectivity index (χ1v) is 10.0. The number of sulfonamides is 1. The molecule has 140 valence electrons. The van der Waals surface area contributed by atoms with Gasteiger partial charge in [-0.15, -0.1) is 0 Å². The van der Waals surface area contributed by atoms with Gasteiger partial charge in [-0.1, -0.05) is 12.1 Å². The molecule has 1 aliphatic rings. The van der Waals surface area contributed by atoms with Crippen LogP contribution in [0.15, 0.2) is 24.3 Å². The summed E-state index contributed by atoms with van der Waals surface area (Å²) in [5.74, 6) is -0.382. The number of ether oxygens (including phenoxy) is 1. The summed E-state index contributed by atoms with van der Waals surface area (Å²) in [6.45, 7) is 5.77. The third kappa shape index (κ3) is 6.39. The van der Waals surface area contributed by atoms with Crippen molar-refractivity contribution in [2.45, 2.75) is 57.1 Å². The first-order chi connectivity index (χ1) is 11.6. The first-order valence-electron chi connectivity index (χ1n) is 8.35. The molecule has 1 aromatic rings. The molecule has 1 aliphatic heterocycles. The van der Waals surface area contributed by atoms with Crippen molar-refractivity contribution in [3.63, 3.8) is 0 Å². The molecule has 0 radical (unpaired) electrons. The van der Waals surface area contributed by atoms with Gasteiger partial charge in [0.05, 0.1) is 11.9 Å². The van der Waals surface area contributed by atoms with Crippen LogP contribution >= 0.6 is 0 Å². The van der Waals surface area contributed by atoms with E-state index < -0.39 is 21.7 Å². The molecule has 1 saturated heterocycles. The number of anilines is 1. The number of amides is 1. The van der Waals surface area contributed by atoms with Gasteiger partial charge in [0.2, 0.25) is 10.0 Å². The molecule has 0 spiro atoms. The van der Waals surface area contributed by atoms with Gasteiger partial charge in [0.1, 0.15) is 6.10 Å². The number of carbonyl (C=O) groups excluding carboxylic acids is 1. The number of nitrogens with one attached hydrogen (secondary N) is 2. The van der Waals surface area contributed by atoms with Crippen molar-refractivity contribution >= 4 is 21.6 Å². The third-order valence-electron chi connectivity index (χ3n) is 3.68. The molecule has 0 aromatic heterocycles. The molecule has 7 nitrogen and oxygen atoms in total. The Morgan fingerprint density at radius 3 is 2.64 bits per heavy atom. The van der Waals surface area contributed by atoms with Gasteiger partial charge in [0, 0.05) is 17.8 Å². The molecule has 2 atom stereocenters. The molecule has 0 unspecified atom stereocenters. The van der Waals surface area contributed by atoms with E-state index in [1.807, 2.05) is 0 Å². The molecule has 0 aliphatic carbocycles. The Morgan fingerprint density at radius 2 is 2.04 bits per heavy atom. The lowest BCUT2D eigenvalue weighted by Gasteiger charge is -2.20. The van der Waals surface area contributed by atoms with Gasteiger partial charge in [-0.25, -0.2) is 13.1 Å². The summed E-state index contributed by atoms with van der Waals surface area (Å²) in [6, 6.07) is 6.82. The number of carbonyl (C=O) groups is 1. The van der Waals surface area contributed by atoms with Crippen LogP contribution in [-0.2, 0) is 25.3 Å². The quantitative estimate of drug-likeness (QED) is 0.701. The van der Waals surface area contributed by atoms with Crippen LogP contribution in [0.4, 0.5) is 5.69 Å². The molecular formula is C17H27N3O4S. The van der Waals surface area contributed by atoms with Gasteiger partial charge in [-0.3, -0.25) is 4.79 Å². The SMILES string of the molecule is CC(C)(C)NS(=O)(=O)Cc1cccc(NC(=O)[C@@H]2CC[C@H](CN)O2)c1. The zero-order valence-electron chi connectivity index (χ0n) is 14.9. The van der Waals surface area contributed by atoms with Crippen LogP contribution < -0.4 is 15.8 Å². The summed E-state index contributed by atoms with van der Waals surface area (Å²) in [5, 5.41) is 2.78. The highest BCUT2D eigenvalue weighted by Gasteiger charge is 2.30. The van der Waals surface area contributed by atoms with Crippen LogP contribution in [0, 0.1) is 0 Å². The van der Waals surface area contributed by atoms with Gasteiger partial charge in [-0.2, -0.15) is 0 Å². The Morgan fingerprint density at radius 1 is 1.32 bits per heavy atom. The number of hydrogen-bond donors (Lipinski definition) is 3. The standard InChI is InChI=1S/C17H27N3O4S/c1-17(2,3)20-25(22,23)11-12-5-4-6-13(9-12)19-16(21)15-8-7-14(10-18)24-15/h4-6,9,14-15,20H,7-8,10-11,18H2,1-3H3,(H,19,21)/t14-,15+/m1/s1. The molecule has 0 bridgehead atoms. The fourth-order valence-corrected chi connectivity index (χ4v) is 4.38. The number of rotatable bonds is 6. The Bertz CT molecular complexity index is 713. The predicted molar refractivity (Wildman–Crippen MR) is 97.5 cm³/mol. The van der Waals surface area contributed by atoms with Gasteiger partial charge in [0.15, 0.2) is 0 Å². The second kappa shape index (κ2) is 7.82. The summed E-state index contributed by atoms with van der Waals surface area (Å²) in [5.41, 5.74) is 6.16. The maximum absolute atomic E-state index is 12.3. The average Bonchev–Trinajstić information content (AvgIpc) is 2.93. The first kappa shape index (κ1) is 19.8. The molecule has 1 aromatic carbocycles. The zero-order chi connectivity index (χ0) is 18.7. The second-order valence-electron chi connectivity index (χ2n) is 7.36. The maximum atomic E-state index is 12.3. The lowest BCUT2D eigenvalue weighted by Crippen LogP contribution is -2.41. The van der Waals surface area contributed by atoms with E-state index in [9.17, 15) is 13.2 Å². The van der Waals surface area contributed by atoms with Crippen LogP contribution in [0.3, 0.4) is 0 Å². The molecule has 0 saturated carbocycles. The molecule has 1 heterocycles. The number of nitrogens with two attached hydrogens (primary N) is 1. The van der Waals surface area contributed by atoms with Gasteiger partial charge < -0.3 is 15.8 Å². The summed E-state index contributed by atoms with van der Waals surface area (Å²) in [6.07, 6.45) is 0.821. The van der Waals surface area contributed by atoms with Gasteiger partial charge >= 0.3 is 0 Å². The highest BCUT2D eigenvalue weighted by atomic mass is 32.2.